The molecule has 1 aliphatic rings. The number of rotatable bonds is 6. The molecule has 0 saturated heterocycles. The molecule has 5 nitrogen and oxygen atoms in total. The van der Waals surface area contributed by atoms with Crippen LogP contribution in [-0.2, 0) is 11.2 Å². The molecule has 1 aliphatic heterocycles. The summed E-state index contributed by atoms with van der Waals surface area (Å²) in [7, 11) is 0. The number of ether oxygens (including phenoxy) is 3. The Kier molecular flexibility index (Phi) is 5.73. The fraction of sp³-hybridized carbons (Fsp3) is 0.316. The van der Waals surface area contributed by atoms with E-state index >= 15 is 0 Å². The molecule has 144 valence electrons. The largest absolute Gasteiger partial charge is 0.573 e. The fourth-order valence-corrected chi connectivity index (χ4v) is 2.66. The van der Waals surface area contributed by atoms with E-state index in [1.165, 1.54) is 12.1 Å². The molecule has 8 heteroatoms. The molecule has 0 unspecified atom stereocenters. The number of nitrogens with one attached hydrogen (secondary N) is 1. The Hall–Kier alpha value is -2.90. The molecule has 0 aliphatic carbocycles. The van der Waals surface area contributed by atoms with Gasteiger partial charge in [-0.3, -0.25) is 4.79 Å². The molecule has 27 heavy (non-hydrogen) atoms. The van der Waals surface area contributed by atoms with E-state index in [-0.39, 0.29) is 18.1 Å². The number of aryl methyl sites for hydroxylation is 1. The van der Waals surface area contributed by atoms with Crippen LogP contribution in [0.5, 0.6) is 17.2 Å². The predicted molar refractivity (Wildman–Crippen MR) is 92.1 cm³/mol. The number of halogens is 3. The molecule has 0 atom stereocenters. The van der Waals surface area contributed by atoms with Gasteiger partial charge in [0.1, 0.15) is 19.0 Å². The van der Waals surface area contributed by atoms with Gasteiger partial charge < -0.3 is 19.5 Å². The predicted octanol–water partition coefficient (Wildman–Crippen LogP) is 4.32. The zero-order valence-corrected chi connectivity index (χ0v) is 14.3. The minimum atomic E-state index is -4.74. The number of anilines is 1. The quantitative estimate of drug-likeness (QED) is 0.810. The van der Waals surface area contributed by atoms with Crippen LogP contribution >= 0.6 is 0 Å². The van der Waals surface area contributed by atoms with Crippen molar-refractivity contribution >= 4 is 11.6 Å². The lowest BCUT2D eigenvalue weighted by Gasteiger charge is -2.18. The summed E-state index contributed by atoms with van der Waals surface area (Å²) in [4.78, 5) is 12.0. The zero-order chi connectivity index (χ0) is 19.3. The molecular weight excluding hydrogens is 363 g/mol. The molecular formula is C19H18F3NO4. The lowest BCUT2D eigenvalue weighted by Crippen LogP contribution is -2.17. The van der Waals surface area contributed by atoms with Gasteiger partial charge in [-0.05, 0) is 54.8 Å². The molecule has 2 aromatic rings. The number of hydrogen-bond acceptors (Lipinski definition) is 4. The summed E-state index contributed by atoms with van der Waals surface area (Å²) in [6, 6.07) is 10.7. The fourth-order valence-electron chi connectivity index (χ4n) is 2.66. The van der Waals surface area contributed by atoms with Gasteiger partial charge in [0.2, 0.25) is 5.91 Å². The minimum absolute atomic E-state index is 0.211. The van der Waals surface area contributed by atoms with Gasteiger partial charge in [-0.1, -0.05) is 6.07 Å². The molecule has 1 N–H and O–H groups in total. The first-order chi connectivity index (χ1) is 12.9. The van der Waals surface area contributed by atoms with E-state index in [1.807, 2.05) is 18.2 Å². The molecule has 1 heterocycles. The van der Waals surface area contributed by atoms with Crippen LogP contribution in [-0.4, -0.2) is 25.5 Å². The van der Waals surface area contributed by atoms with Gasteiger partial charge in [0.05, 0.1) is 0 Å². The third-order valence-corrected chi connectivity index (χ3v) is 3.85. The second-order valence-corrected chi connectivity index (χ2v) is 5.95. The minimum Gasteiger partial charge on any atom is -0.486 e. The summed E-state index contributed by atoms with van der Waals surface area (Å²) < 4.78 is 51.1. The van der Waals surface area contributed by atoms with Gasteiger partial charge in [-0.25, -0.2) is 0 Å². The topological polar surface area (TPSA) is 56.8 Å². The first-order valence-corrected chi connectivity index (χ1v) is 8.43. The van der Waals surface area contributed by atoms with E-state index in [0.29, 0.717) is 37.5 Å². The molecule has 0 saturated carbocycles. The van der Waals surface area contributed by atoms with Gasteiger partial charge in [0, 0.05) is 12.1 Å². The summed E-state index contributed by atoms with van der Waals surface area (Å²) in [6.45, 7) is 1.06. The average molecular weight is 381 g/mol. The lowest BCUT2D eigenvalue weighted by molar-refractivity contribution is -0.274. The monoisotopic (exact) mass is 381 g/mol. The molecule has 2 aromatic carbocycles. The Morgan fingerprint density at radius 3 is 2.44 bits per heavy atom. The molecule has 0 radical (unpaired) electrons. The van der Waals surface area contributed by atoms with Crippen molar-refractivity contribution in [3.63, 3.8) is 0 Å². The standard InChI is InChI=1S/C19H18F3NO4/c20-19(21,22)27-15-7-5-14(6-8-15)23-18(24)3-1-2-13-4-9-16-17(12-13)26-11-10-25-16/h4-9,12H,1-3,10-11H2,(H,23,24). The highest BCUT2D eigenvalue weighted by molar-refractivity contribution is 5.90. The number of carbonyl (C=O) groups is 1. The van der Waals surface area contributed by atoms with Crippen molar-refractivity contribution in [1.29, 1.82) is 0 Å². The van der Waals surface area contributed by atoms with Crippen LogP contribution in [0.4, 0.5) is 18.9 Å². The maximum Gasteiger partial charge on any atom is 0.573 e. The van der Waals surface area contributed by atoms with Crippen LogP contribution < -0.4 is 19.5 Å². The average Bonchev–Trinajstić information content (AvgIpc) is 2.62. The number of alkyl halides is 3. The molecule has 0 fully saturated rings. The Balaban J connectivity index is 1.44. The van der Waals surface area contributed by atoms with Crippen LogP contribution in [0.3, 0.4) is 0 Å². The van der Waals surface area contributed by atoms with Gasteiger partial charge in [-0.2, -0.15) is 0 Å². The number of amides is 1. The maximum absolute atomic E-state index is 12.1. The van der Waals surface area contributed by atoms with E-state index in [2.05, 4.69) is 10.1 Å². The summed E-state index contributed by atoms with van der Waals surface area (Å²) >= 11 is 0. The molecule has 0 bridgehead atoms. The maximum atomic E-state index is 12.1. The van der Waals surface area contributed by atoms with Crippen molar-refractivity contribution in [1.82, 2.24) is 0 Å². The highest BCUT2D eigenvalue weighted by atomic mass is 19.4. The molecule has 0 aromatic heterocycles. The number of fused-ring (bicyclic) bond motifs is 1. The van der Waals surface area contributed by atoms with Crippen molar-refractivity contribution in [2.75, 3.05) is 18.5 Å². The first kappa shape index (κ1) is 18.9. The Labute approximate surface area is 154 Å². The van der Waals surface area contributed by atoms with E-state index in [0.717, 1.165) is 23.4 Å². The SMILES string of the molecule is O=C(CCCc1ccc2c(c1)OCCO2)Nc1ccc(OC(F)(F)F)cc1. The van der Waals surface area contributed by atoms with E-state index in [4.69, 9.17) is 9.47 Å². The smallest absolute Gasteiger partial charge is 0.486 e. The number of hydrogen-bond donors (Lipinski definition) is 1. The number of benzene rings is 2. The van der Waals surface area contributed by atoms with Crippen LogP contribution in [0.15, 0.2) is 42.5 Å². The summed E-state index contributed by atoms with van der Waals surface area (Å²) in [5.41, 5.74) is 1.45. The first-order valence-electron chi connectivity index (χ1n) is 8.43. The summed E-state index contributed by atoms with van der Waals surface area (Å²) in [5.74, 6) is 0.890. The second kappa shape index (κ2) is 8.20. The van der Waals surface area contributed by atoms with Crippen molar-refractivity contribution in [2.45, 2.75) is 25.6 Å². The number of carbonyl (C=O) groups excluding carboxylic acids is 1. The van der Waals surface area contributed by atoms with Gasteiger partial charge in [0.25, 0.3) is 0 Å². The van der Waals surface area contributed by atoms with Crippen LogP contribution in [0.1, 0.15) is 18.4 Å². The summed E-state index contributed by atoms with van der Waals surface area (Å²) in [5, 5.41) is 2.65. The van der Waals surface area contributed by atoms with E-state index < -0.39 is 6.36 Å². The summed E-state index contributed by atoms with van der Waals surface area (Å²) in [6.07, 6.45) is -3.13. The lowest BCUT2D eigenvalue weighted by atomic mass is 10.1. The van der Waals surface area contributed by atoms with Crippen LogP contribution in [0.25, 0.3) is 0 Å². The van der Waals surface area contributed by atoms with E-state index in [9.17, 15) is 18.0 Å². The third kappa shape index (κ3) is 5.80. The van der Waals surface area contributed by atoms with Crippen molar-refractivity contribution in [3.8, 4) is 17.2 Å². The third-order valence-electron chi connectivity index (χ3n) is 3.85. The van der Waals surface area contributed by atoms with Gasteiger partial charge in [0.15, 0.2) is 11.5 Å². The molecule has 1 amide bonds. The van der Waals surface area contributed by atoms with Crippen LogP contribution in [0, 0.1) is 0 Å². The van der Waals surface area contributed by atoms with Crippen molar-refractivity contribution < 1.29 is 32.2 Å². The molecule has 0 spiro atoms. The highest BCUT2D eigenvalue weighted by Crippen LogP contribution is 2.31. The van der Waals surface area contributed by atoms with E-state index in [1.54, 1.807) is 0 Å². The Morgan fingerprint density at radius 2 is 1.74 bits per heavy atom. The zero-order valence-electron chi connectivity index (χ0n) is 14.3. The van der Waals surface area contributed by atoms with Gasteiger partial charge >= 0.3 is 6.36 Å². The van der Waals surface area contributed by atoms with Crippen molar-refractivity contribution in [2.24, 2.45) is 0 Å². The Morgan fingerprint density at radius 1 is 1.04 bits per heavy atom. The Bertz CT molecular complexity index is 791. The van der Waals surface area contributed by atoms with Gasteiger partial charge in [-0.15, -0.1) is 13.2 Å². The normalized spacial score (nSPS) is 13.1. The van der Waals surface area contributed by atoms with Crippen LogP contribution in [0.2, 0.25) is 0 Å². The highest BCUT2D eigenvalue weighted by Gasteiger charge is 2.30. The molecule has 3 rings (SSSR count). The second-order valence-electron chi connectivity index (χ2n) is 5.95. The van der Waals surface area contributed by atoms with Crippen molar-refractivity contribution in [3.05, 3.63) is 48.0 Å².